The topological polar surface area (TPSA) is 43.9 Å². The minimum atomic E-state index is -0.279. The first kappa shape index (κ1) is 21.9. The molecule has 0 aromatic heterocycles. The minimum absolute atomic E-state index is 0.0550. The molecule has 1 aromatic carbocycles. The van der Waals surface area contributed by atoms with E-state index < -0.39 is 0 Å². The molecule has 0 radical (unpaired) electrons. The lowest BCUT2D eigenvalue weighted by molar-refractivity contribution is -0.137. The number of benzene rings is 1. The van der Waals surface area contributed by atoms with Crippen LogP contribution in [-0.4, -0.2) is 70.8 Å². The van der Waals surface area contributed by atoms with E-state index in [4.69, 9.17) is 0 Å². The summed E-state index contributed by atoms with van der Waals surface area (Å²) in [6.45, 7) is 4.05. The Labute approximate surface area is 193 Å². The summed E-state index contributed by atoms with van der Waals surface area (Å²) in [4.78, 5) is 34.3. The normalized spacial score (nSPS) is 31.8. The molecule has 3 heterocycles. The molecule has 5 heteroatoms. The number of carbonyl (C=O) groups is 2. The zero-order valence-corrected chi connectivity index (χ0v) is 19.5. The fourth-order valence-corrected chi connectivity index (χ4v) is 6.83. The molecule has 1 saturated carbocycles. The van der Waals surface area contributed by atoms with Crippen molar-refractivity contribution in [1.29, 1.82) is 0 Å². The summed E-state index contributed by atoms with van der Waals surface area (Å²) in [5.41, 5.74) is 0.720. The first-order valence-corrected chi connectivity index (χ1v) is 13.1. The van der Waals surface area contributed by atoms with E-state index in [1.165, 1.54) is 58.0 Å². The number of fused-ring (bicyclic) bond motifs is 1. The molecule has 0 N–H and O–H groups in total. The molecular weight excluding hydrogens is 398 g/mol. The van der Waals surface area contributed by atoms with Crippen LogP contribution in [0.3, 0.4) is 0 Å². The Kier molecular flexibility index (Phi) is 6.82. The third-order valence-electron chi connectivity index (χ3n) is 8.49. The van der Waals surface area contributed by atoms with E-state index in [2.05, 4.69) is 9.80 Å². The maximum atomic E-state index is 13.9. The summed E-state index contributed by atoms with van der Waals surface area (Å²) >= 11 is 0. The van der Waals surface area contributed by atoms with Crippen LogP contribution < -0.4 is 0 Å². The summed E-state index contributed by atoms with van der Waals surface area (Å²) in [6, 6.07) is 10.0. The van der Waals surface area contributed by atoms with Crippen LogP contribution in [0.25, 0.3) is 0 Å². The second-order valence-electron chi connectivity index (χ2n) is 10.5. The van der Waals surface area contributed by atoms with Crippen molar-refractivity contribution < 1.29 is 9.59 Å². The van der Waals surface area contributed by atoms with Gasteiger partial charge in [0, 0.05) is 30.7 Å². The van der Waals surface area contributed by atoms with Gasteiger partial charge in [0.1, 0.15) is 6.04 Å². The Morgan fingerprint density at radius 3 is 2.31 bits per heavy atom. The van der Waals surface area contributed by atoms with Gasteiger partial charge >= 0.3 is 0 Å². The van der Waals surface area contributed by atoms with Gasteiger partial charge in [-0.3, -0.25) is 14.5 Å². The Morgan fingerprint density at radius 1 is 0.781 bits per heavy atom. The quantitative estimate of drug-likeness (QED) is 0.707. The Morgan fingerprint density at radius 2 is 1.53 bits per heavy atom. The molecule has 1 aliphatic carbocycles. The van der Waals surface area contributed by atoms with E-state index in [9.17, 15) is 9.59 Å². The summed E-state index contributed by atoms with van der Waals surface area (Å²) in [7, 11) is 0. The van der Waals surface area contributed by atoms with Crippen molar-refractivity contribution in [2.24, 2.45) is 5.92 Å². The molecular formula is C27H39N3O2. The molecule has 1 aromatic rings. The maximum Gasteiger partial charge on any atom is 0.254 e. The van der Waals surface area contributed by atoms with Gasteiger partial charge in [0.05, 0.1) is 0 Å². The van der Waals surface area contributed by atoms with Gasteiger partial charge in [0.2, 0.25) is 5.91 Å². The Balaban J connectivity index is 1.34. The van der Waals surface area contributed by atoms with Crippen molar-refractivity contribution in [2.75, 3.05) is 26.2 Å². The van der Waals surface area contributed by atoms with E-state index in [0.717, 1.165) is 44.3 Å². The lowest BCUT2D eigenvalue weighted by atomic mass is 9.84. The highest BCUT2D eigenvalue weighted by Gasteiger charge is 2.49. The zero-order chi connectivity index (χ0) is 21.9. The average Bonchev–Trinajstić information content (AvgIpc) is 3.02. The number of hydrogen-bond donors (Lipinski definition) is 0. The predicted octanol–water partition coefficient (Wildman–Crippen LogP) is 4.33. The number of rotatable bonds is 3. The first-order chi connectivity index (χ1) is 15.7. The standard InChI is InChI=1S/C27H39N3O2/c31-26(21-11-4-3-5-12-21)30-24-15-7-6-13-22(24)19-25(30)27(32)29-18-10-14-23(20-29)28-16-8-1-2-9-17-28/h3-5,11-12,22-25H,1-2,6-10,13-20H2. The SMILES string of the molecule is O=C(C1CC2CCCCC2N1C(=O)c1ccccc1)N1CCCC(N2CCCCCC2)C1. The molecule has 5 rings (SSSR count). The molecule has 4 unspecified atom stereocenters. The number of likely N-dealkylation sites (tertiary alicyclic amines) is 3. The third kappa shape index (κ3) is 4.46. The van der Waals surface area contributed by atoms with Crippen LogP contribution in [0.2, 0.25) is 0 Å². The van der Waals surface area contributed by atoms with Gasteiger partial charge < -0.3 is 9.80 Å². The molecule has 3 saturated heterocycles. The lowest BCUT2D eigenvalue weighted by Crippen LogP contribution is -2.55. The van der Waals surface area contributed by atoms with Gasteiger partial charge in [-0.1, -0.05) is 43.9 Å². The molecule has 3 aliphatic heterocycles. The zero-order valence-electron chi connectivity index (χ0n) is 19.5. The van der Waals surface area contributed by atoms with E-state index in [1.54, 1.807) is 0 Å². The number of hydrogen-bond acceptors (Lipinski definition) is 3. The third-order valence-corrected chi connectivity index (χ3v) is 8.49. The van der Waals surface area contributed by atoms with Gasteiger partial charge in [-0.2, -0.15) is 0 Å². The van der Waals surface area contributed by atoms with E-state index in [0.29, 0.717) is 12.0 Å². The van der Waals surface area contributed by atoms with E-state index in [-0.39, 0.29) is 23.9 Å². The predicted molar refractivity (Wildman–Crippen MR) is 126 cm³/mol. The van der Waals surface area contributed by atoms with Crippen molar-refractivity contribution in [3.05, 3.63) is 35.9 Å². The largest absolute Gasteiger partial charge is 0.339 e. The smallest absolute Gasteiger partial charge is 0.254 e. The van der Waals surface area contributed by atoms with Crippen LogP contribution in [-0.2, 0) is 4.79 Å². The monoisotopic (exact) mass is 437 g/mol. The van der Waals surface area contributed by atoms with Crippen LogP contribution in [0.1, 0.15) is 81.0 Å². The van der Waals surface area contributed by atoms with Gasteiger partial charge in [0.25, 0.3) is 5.91 Å². The summed E-state index contributed by atoms with van der Waals surface area (Å²) in [5, 5.41) is 0. The fourth-order valence-electron chi connectivity index (χ4n) is 6.83. The van der Waals surface area contributed by atoms with Gasteiger partial charge in [0.15, 0.2) is 0 Å². The minimum Gasteiger partial charge on any atom is -0.339 e. The Bertz CT molecular complexity index is 789. The highest BCUT2D eigenvalue weighted by Crippen LogP contribution is 2.41. The average molecular weight is 438 g/mol. The number of carbonyl (C=O) groups excluding carboxylic acids is 2. The van der Waals surface area contributed by atoms with Crippen LogP contribution in [0.5, 0.6) is 0 Å². The molecule has 4 fully saturated rings. The highest BCUT2D eigenvalue weighted by molar-refractivity contribution is 5.98. The maximum absolute atomic E-state index is 13.9. The number of piperidine rings is 1. The van der Waals surface area contributed by atoms with Crippen molar-refractivity contribution in [2.45, 2.75) is 88.8 Å². The molecule has 0 bridgehead atoms. The van der Waals surface area contributed by atoms with E-state index >= 15 is 0 Å². The van der Waals surface area contributed by atoms with Crippen molar-refractivity contribution in [1.82, 2.24) is 14.7 Å². The summed E-state index contributed by atoms with van der Waals surface area (Å²) in [5.74, 6) is 0.749. The van der Waals surface area contributed by atoms with E-state index in [1.807, 2.05) is 35.2 Å². The molecule has 5 nitrogen and oxygen atoms in total. The first-order valence-electron chi connectivity index (χ1n) is 13.1. The fraction of sp³-hybridized carbons (Fsp3) is 0.704. The molecule has 4 aliphatic rings. The van der Waals surface area contributed by atoms with Crippen molar-refractivity contribution in [3.8, 4) is 0 Å². The molecule has 4 atom stereocenters. The lowest BCUT2D eigenvalue weighted by Gasteiger charge is -2.41. The highest BCUT2D eigenvalue weighted by atomic mass is 16.2. The molecule has 0 spiro atoms. The number of amides is 2. The number of nitrogens with zero attached hydrogens (tertiary/aromatic N) is 3. The molecule has 174 valence electrons. The van der Waals surface area contributed by atoms with Gasteiger partial charge in [-0.25, -0.2) is 0 Å². The second kappa shape index (κ2) is 9.94. The van der Waals surface area contributed by atoms with Crippen LogP contribution in [0, 0.1) is 5.92 Å². The van der Waals surface area contributed by atoms with Crippen LogP contribution in [0.4, 0.5) is 0 Å². The van der Waals surface area contributed by atoms with Gasteiger partial charge in [-0.15, -0.1) is 0 Å². The van der Waals surface area contributed by atoms with Crippen LogP contribution in [0.15, 0.2) is 30.3 Å². The van der Waals surface area contributed by atoms with Crippen molar-refractivity contribution >= 4 is 11.8 Å². The molecule has 2 amide bonds. The Hall–Kier alpha value is -1.88. The van der Waals surface area contributed by atoms with Gasteiger partial charge in [-0.05, 0) is 76.1 Å². The molecule has 32 heavy (non-hydrogen) atoms. The summed E-state index contributed by atoms with van der Waals surface area (Å²) in [6.07, 6.45) is 13.0. The van der Waals surface area contributed by atoms with Crippen molar-refractivity contribution in [3.63, 3.8) is 0 Å². The second-order valence-corrected chi connectivity index (χ2v) is 10.5. The van der Waals surface area contributed by atoms with Crippen LogP contribution >= 0.6 is 0 Å². The summed E-state index contributed by atoms with van der Waals surface area (Å²) < 4.78 is 0.